The number of halogens is 3. The Kier molecular flexibility index (Phi) is 7.35. The number of benzene rings is 1. The molecule has 0 saturated carbocycles. The minimum atomic E-state index is -4.54. The fraction of sp³-hybridized carbons (Fsp3) is 0.308. The standard InChI is InChI=1S/C26H27F3N8O2/c1-2-19-20(14-36-9-11-39-12-10-36)37-23(24(30)32-15-33-37)22(19)16-3-5-18(6-4-16)34-25(38)35-21-13-17(7-8-31-21)26(27,28)29/h3-8,13,15H,2,9-12,14H2,1H3,(H2,30,32,33)(H2,31,34,35,38). The van der Waals surface area contributed by atoms with E-state index in [0.717, 1.165) is 60.2 Å². The predicted molar refractivity (Wildman–Crippen MR) is 140 cm³/mol. The number of carbonyl (C=O) groups excluding carboxylic acids is 1. The van der Waals surface area contributed by atoms with E-state index in [1.165, 1.54) is 6.33 Å². The summed E-state index contributed by atoms with van der Waals surface area (Å²) in [7, 11) is 0. The molecule has 0 aliphatic carbocycles. The highest BCUT2D eigenvalue weighted by molar-refractivity contribution is 5.99. The van der Waals surface area contributed by atoms with E-state index in [1.807, 2.05) is 16.6 Å². The van der Waals surface area contributed by atoms with Crippen LogP contribution in [0.5, 0.6) is 0 Å². The monoisotopic (exact) mass is 540 g/mol. The minimum absolute atomic E-state index is 0.213. The summed E-state index contributed by atoms with van der Waals surface area (Å²) in [5.41, 5.74) is 10.5. The molecule has 0 unspecified atom stereocenters. The Bertz CT molecular complexity index is 1480. The van der Waals surface area contributed by atoms with Gasteiger partial charge in [-0.25, -0.2) is 19.3 Å². The highest BCUT2D eigenvalue weighted by atomic mass is 19.4. The van der Waals surface area contributed by atoms with E-state index in [-0.39, 0.29) is 5.82 Å². The number of nitrogens with one attached hydrogen (secondary N) is 2. The number of amides is 2. The lowest BCUT2D eigenvalue weighted by molar-refractivity contribution is -0.137. The molecule has 4 heterocycles. The van der Waals surface area contributed by atoms with Gasteiger partial charge in [-0.2, -0.15) is 18.3 Å². The molecule has 0 bridgehead atoms. The van der Waals surface area contributed by atoms with Crippen LogP contribution >= 0.6 is 0 Å². The first-order valence-electron chi connectivity index (χ1n) is 12.4. The van der Waals surface area contributed by atoms with E-state index in [0.29, 0.717) is 36.8 Å². The lowest BCUT2D eigenvalue weighted by Crippen LogP contribution is -2.36. The third-order valence-electron chi connectivity index (χ3n) is 6.55. The van der Waals surface area contributed by atoms with Gasteiger partial charge in [-0.1, -0.05) is 19.1 Å². The van der Waals surface area contributed by atoms with Crippen LogP contribution in [0.3, 0.4) is 0 Å². The molecule has 1 saturated heterocycles. The number of urea groups is 1. The van der Waals surface area contributed by atoms with Gasteiger partial charge in [-0.05, 0) is 41.8 Å². The smallest absolute Gasteiger partial charge is 0.382 e. The van der Waals surface area contributed by atoms with E-state index >= 15 is 0 Å². The molecular formula is C26H27F3N8O2. The molecule has 1 fully saturated rings. The van der Waals surface area contributed by atoms with Crippen LogP contribution in [0.25, 0.3) is 16.6 Å². The fourth-order valence-electron chi connectivity index (χ4n) is 4.72. The Labute approximate surface area is 222 Å². The molecule has 204 valence electrons. The van der Waals surface area contributed by atoms with Gasteiger partial charge in [0.2, 0.25) is 0 Å². The van der Waals surface area contributed by atoms with Gasteiger partial charge < -0.3 is 15.8 Å². The number of nitrogen functional groups attached to an aromatic ring is 1. The second-order valence-corrected chi connectivity index (χ2v) is 9.03. The van der Waals surface area contributed by atoms with E-state index in [9.17, 15) is 18.0 Å². The van der Waals surface area contributed by atoms with Crippen LogP contribution in [0.15, 0.2) is 48.9 Å². The number of pyridine rings is 1. The van der Waals surface area contributed by atoms with Crippen LogP contribution in [0.1, 0.15) is 23.7 Å². The van der Waals surface area contributed by atoms with Crippen molar-refractivity contribution in [3.8, 4) is 11.1 Å². The number of alkyl halides is 3. The first-order chi connectivity index (χ1) is 18.7. The lowest BCUT2D eigenvalue weighted by Gasteiger charge is -2.26. The maximum absolute atomic E-state index is 12.9. The third-order valence-corrected chi connectivity index (χ3v) is 6.55. The molecule has 1 aliphatic rings. The number of nitrogens with two attached hydrogens (primary N) is 1. The number of anilines is 3. The van der Waals surface area contributed by atoms with E-state index in [4.69, 9.17) is 10.5 Å². The van der Waals surface area contributed by atoms with Crippen molar-refractivity contribution in [3.63, 3.8) is 0 Å². The molecular weight excluding hydrogens is 513 g/mol. The summed E-state index contributed by atoms with van der Waals surface area (Å²) in [5, 5.41) is 9.46. The second kappa shape index (κ2) is 10.9. The van der Waals surface area contributed by atoms with Crippen LogP contribution < -0.4 is 16.4 Å². The molecule has 0 radical (unpaired) electrons. The van der Waals surface area contributed by atoms with E-state index < -0.39 is 17.8 Å². The van der Waals surface area contributed by atoms with Crippen LogP contribution in [-0.4, -0.2) is 56.8 Å². The number of fused-ring (bicyclic) bond motifs is 1. The zero-order valence-corrected chi connectivity index (χ0v) is 21.1. The fourth-order valence-corrected chi connectivity index (χ4v) is 4.72. The van der Waals surface area contributed by atoms with Crippen LogP contribution in [0.4, 0.5) is 35.3 Å². The Hall–Kier alpha value is -4.23. The topological polar surface area (TPSA) is 123 Å². The summed E-state index contributed by atoms with van der Waals surface area (Å²) in [4.78, 5) is 22.7. The van der Waals surface area contributed by atoms with Crippen LogP contribution in [-0.2, 0) is 23.9 Å². The predicted octanol–water partition coefficient (Wildman–Crippen LogP) is 4.43. The van der Waals surface area contributed by atoms with Gasteiger partial charge >= 0.3 is 12.2 Å². The SMILES string of the molecule is CCc1c(-c2ccc(NC(=O)Nc3cc(C(F)(F)F)ccn3)cc2)c2c(N)ncnn2c1CN1CCOCC1. The summed E-state index contributed by atoms with van der Waals surface area (Å²) >= 11 is 0. The highest BCUT2D eigenvalue weighted by Crippen LogP contribution is 2.37. The van der Waals surface area contributed by atoms with Crippen molar-refractivity contribution < 1.29 is 22.7 Å². The third kappa shape index (κ3) is 5.64. The molecule has 0 atom stereocenters. The summed E-state index contributed by atoms with van der Waals surface area (Å²) in [6.45, 7) is 5.77. The average Bonchev–Trinajstić information content (AvgIpc) is 3.23. The van der Waals surface area contributed by atoms with E-state index in [1.54, 1.807) is 12.1 Å². The van der Waals surface area contributed by atoms with Crippen molar-refractivity contribution in [3.05, 3.63) is 65.7 Å². The van der Waals surface area contributed by atoms with Gasteiger partial charge in [0.1, 0.15) is 17.7 Å². The summed E-state index contributed by atoms with van der Waals surface area (Å²) in [5.74, 6) is 0.146. The number of ether oxygens (including phenoxy) is 1. The Balaban J connectivity index is 1.40. The van der Waals surface area contributed by atoms with Crippen molar-refractivity contribution in [1.82, 2.24) is 24.5 Å². The number of aromatic nitrogens is 4. The summed E-state index contributed by atoms with van der Waals surface area (Å²) in [6.07, 6.45) is -1.37. The number of nitrogens with zero attached hydrogens (tertiary/aromatic N) is 5. The minimum Gasteiger partial charge on any atom is -0.382 e. The van der Waals surface area contributed by atoms with Crippen molar-refractivity contribution >= 4 is 28.9 Å². The molecule has 0 spiro atoms. The normalized spacial score (nSPS) is 14.5. The molecule has 39 heavy (non-hydrogen) atoms. The largest absolute Gasteiger partial charge is 0.416 e. The number of rotatable bonds is 6. The zero-order valence-electron chi connectivity index (χ0n) is 21.1. The molecule has 4 N–H and O–H groups in total. The molecule has 13 heteroatoms. The summed E-state index contributed by atoms with van der Waals surface area (Å²) < 4.78 is 46.2. The van der Waals surface area contributed by atoms with Gasteiger partial charge in [-0.15, -0.1) is 0 Å². The molecule has 5 rings (SSSR count). The highest BCUT2D eigenvalue weighted by Gasteiger charge is 2.31. The zero-order chi connectivity index (χ0) is 27.6. The Morgan fingerprint density at radius 1 is 1.10 bits per heavy atom. The van der Waals surface area contributed by atoms with Gasteiger partial charge in [-0.3, -0.25) is 10.2 Å². The van der Waals surface area contributed by atoms with Gasteiger partial charge in [0.15, 0.2) is 5.82 Å². The number of hydrogen-bond acceptors (Lipinski definition) is 7. The molecule has 3 aromatic heterocycles. The Morgan fingerprint density at radius 2 is 1.85 bits per heavy atom. The number of carbonyl (C=O) groups is 1. The van der Waals surface area contributed by atoms with Crippen molar-refractivity contribution in [2.45, 2.75) is 26.1 Å². The first kappa shape index (κ1) is 26.4. The maximum Gasteiger partial charge on any atom is 0.416 e. The second-order valence-electron chi connectivity index (χ2n) is 9.03. The van der Waals surface area contributed by atoms with Crippen LogP contribution in [0.2, 0.25) is 0 Å². The summed E-state index contributed by atoms with van der Waals surface area (Å²) in [6, 6.07) is 7.99. The van der Waals surface area contributed by atoms with Crippen molar-refractivity contribution in [2.24, 2.45) is 0 Å². The number of hydrogen-bond donors (Lipinski definition) is 3. The maximum atomic E-state index is 12.9. The van der Waals surface area contributed by atoms with Gasteiger partial charge in [0.25, 0.3) is 0 Å². The van der Waals surface area contributed by atoms with Crippen LogP contribution in [0, 0.1) is 0 Å². The average molecular weight is 541 g/mol. The van der Waals surface area contributed by atoms with Gasteiger partial charge in [0.05, 0.1) is 24.5 Å². The number of morpholine rings is 1. The van der Waals surface area contributed by atoms with Crippen molar-refractivity contribution in [2.75, 3.05) is 42.7 Å². The Morgan fingerprint density at radius 3 is 2.54 bits per heavy atom. The molecule has 2 amide bonds. The van der Waals surface area contributed by atoms with Gasteiger partial charge in [0, 0.05) is 37.1 Å². The van der Waals surface area contributed by atoms with E-state index in [2.05, 4.69) is 37.5 Å². The van der Waals surface area contributed by atoms with Crippen molar-refractivity contribution in [1.29, 1.82) is 0 Å². The quantitative estimate of drug-likeness (QED) is 0.331. The molecule has 4 aromatic rings. The molecule has 10 nitrogen and oxygen atoms in total. The first-order valence-corrected chi connectivity index (χ1v) is 12.4. The molecule has 1 aromatic carbocycles. The molecule has 1 aliphatic heterocycles. The lowest BCUT2D eigenvalue weighted by atomic mass is 9.98.